The number of nitrogens with one attached hydrogen (secondary N) is 1. The molecular weight excluding hydrogens is 260 g/mol. The molecule has 0 fully saturated rings. The van der Waals surface area contributed by atoms with Crippen molar-refractivity contribution in [2.75, 3.05) is 27.2 Å². The molecule has 0 saturated carbocycles. The lowest BCUT2D eigenvalue weighted by Crippen LogP contribution is -2.36. The van der Waals surface area contributed by atoms with E-state index in [1.807, 2.05) is 6.07 Å². The fourth-order valence-corrected chi connectivity index (χ4v) is 2.31. The first-order chi connectivity index (χ1) is 9.90. The molecule has 1 aromatic rings. The van der Waals surface area contributed by atoms with Gasteiger partial charge in [-0.2, -0.15) is 0 Å². The predicted octanol–water partition coefficient (Wildman–Crippen LogP) is 3.69. The SMILES string of the molecule is COc1cccc(CN(C)CCCCCNC(C)(C)C)c1. The number of hydrogen-bond donors (Lipinski definition) is 1. The maximum Gasteiger partial charge on any atom is 0.119 e. The molecule has 0 radical (unpaired) electrons. The predicted molar refractivity (Wildman–Crippen MR) is 90.9 cm³/mol. The molecule has 3 nitrogen and oxygen atoms in total. The van der Waals surface area contributed by atoms with Gasteiger partial charge in [0.05, 0.1) is 7.11 Å². The number of methoxy groups -OCH3 is 1. The van der Waals surface area contributed by atoms with E-state index in [2.05, 4.69) is 56.2 Å². The molecule has 3 heteroatoms. The number of unbranched alkanes of at least 4 members (excludes halogenated alkanes) is 2. The number of benzene rings is 1. The molecule has 0 heterocycles. The van der Waals surface area contributed by atoms with Crippen LogP contribution in [-0.4, -0.2) is 37.7 Å². The van der Waals surface area contributed by atoms with Crippen LogP contribution in [0.25, 0.3) is 0 Å². The van der Waals surface area contributed by atoms with E-state index < -0.39 is 0 Å². The van der Waals surface area contributed by atoms with Crippen molar-refractivity contribution in [1.29, 1.82) is 0 Å². The molecule has 0 aromatic heterocycles. The molecule has 0 atom stereocenters. The van der Waals surface area contributed by atoms with Gasteiger partial charge in [-0.3, -0.25) is 0 Å². The second-order valence-corrected chi connectivity index (χ2v) is 6.83. The first-order valence-electron chi connectivity index (χ1n) is 7.97. The van der Waals surface area contributed by atoms with Crippen molar-refractivity contribution >= 4 is 0 Å². The maximum absolute atomic E-state index is 5.26. The number of hydrogen-bond acceptors (Lipinski definition) is 3. The van der Waals surface area contributed by atoms with Crippen molar-refractivity contribution in [2.45, 2.75) is 52.1 Å². The third-order valence-corrected chi connectivity index (χ3v) is 3.46. The lowest BCUT2D eigenvalue weighted by Gasteiger charge is -2.21. The fourth-order valence-electron chi connectivity index (χ4n) is 2.31. The van der Waals surface area contributed by atoms with Crippen LogP contribution in [0.2, 0.25) is 0 Å². The summed E-state index contributed by atoms with van der Waals surface area (Å²) >= 11 is 0. The first kappa shape index (κ1) is 18.0. The molecule has 0 aliphatic carbocycles. The quantitative estimate of drug-likeness (QED) is 0.703. The van der Waals surface area contributed by atoms with Gasteiger partial charge in [0.15, 0.2) is 0 Å². The van der Waals surface area contributed by atoms with Crippen molar-refractivity contribution in [1.82, 2.24) is 10.2 Å². The fraction of sp³-hybridized carbons (Fsp3) is 0.667. The van der Waals surface area contributed by atoms with Crippen LogP contribution in [0.4, 0.5) is 0 Å². The Hall–Kier alpha value is -1.06. The molecule has 21 heavy (non-hydrogen) atoms. The minimum absolute atomic E-state index is 0.239. The van der Waals surface area contributed by atoms with Crippen LogP contribution in [0.3, 0.4) is 0 Å². The first-order valence-corrected chi connectivity index (χ1v) is 7.97. The lowest BCUT2D eigenvalue weighted by atomic mass is 10.1. The van der Waals surface area contributed by atoms with Crippen LogP contribution in [0.5, 0.6) is 5.75 Å². The zero-order valence-corrected chi connectivity index (χ0v) is 14.4. The Bertz CT molecular complexity index is 398. The van der Waals surface area contributed by atoms with Gasteiger partial charge in [0, 0.05) is 12.1 Å². The molecule has 0 aliphatic heterocycles. The van der Waals surface area contributed by atoms with Crippen molar-refractivity contribution < 1.29 is 4.74 Å². The van der Waals surface area contributed by atoms with Crippen LogP contribution >= 0.6 is 0 Å². The Morgan fingerprint density at radius 1 is 1.14 bits per heavy atom. The van der Waals surface area contributed by atoms with E-state index in [1.54, 1.807) is 7.11 Å². The largest absolute Gasteiger partial charge is 0.497 e. The molecule has 1 rings (SSSR count). The zero-order chi connectivity index (χ0) is 15.7. The molecule has 0 amide bonds. The summed E-state index contributed by atoms with van der Waals surface area (Å²) in [6.07, 6.45) is 3.79. The van der Waals surface area contributed by atoms with Crippen LogP contribution < -0.4 is 10.1 Å². The van der Waals surface area contributed by atoms with Gasteiger partial charge in [-0.15, -0.1) is 0 Å². The average Bonchev–Trinajstić information content (AvgIpc) is 2.41. The average molecular weight is 292 g/mol. The zero-order valence-electron chi connectivity index (χ0n) is 14.4. The summed E-state index contributed by atoms with van der Waals surface area (Å²) in [5.41, 5.74) is 1.55. The summed E-state index contributed by atoms with van der Waals surface area (Å²) in [6.45, 7) is 9.89. The highest BCUT2D eigenvalue weighted by Gasteiger charge is 2.07. The number of nitrogens with zero attached hydrogens (tertiary/aromatic N) is 1. The highest BCUT2D eigenvalue weighted by Crippen LogP contribution is 2.14. The summed E-state index contributed by atoms with van der Waals surface area (Å²) in [5.74, 6) is 0.939. The minimum Gasteiger partial charge on any atom is -0.497 e. The van der Waals surface area contributed by atoms with Crippen molar-refractivity contribution in [2.24, 2.45) is 0 Å². The molecule has 0 spiro atoms. The van der Waals surface area contributed by atoms with E-state index in [0.717, 1.165) is 25.4 Å². The van der Waals surface area contributed by atoms with E-state index >= 15 is 0 Å². The van der Waals surface area contributed by atoms with Crippen LogP contribution in [0, 0.1) is 0 Å². The third-order valence-electron chi connectivity index (χ3n) is 3.46. The summed E-state index contributed by atoms with van der Waals surface area (Å²) < 4.78 is 5.26. The normalized spacial score (nSPS) is 11.9. The smallest absolute Gasteiger partial charge is 0.119 e. The maximum atomic E-state index is 5.26. The number of ether oxygens (including phenoxy) is 1. The molecule has 0 aliphatic rings. The van der Waals surface area contributed by atoms with Gasteiger partial charge in [-0.1, -0.05) is 18.6 Å². The molecule has 1 N–H and O–H groups in total. The van der Waals surface area contributed by atoms with Gasteiger partial charge in [0.25, 0.3) is 0 Å². The monoisotopic (exact) mass is 292 g/mol. The summed E-state index contributed by atoms with van der Waals surface area (Å²) in [5, 5.41) is 3.53. The minimum atomic E-state index is 0.239. The van der Waals surface area contributed by atoms with Crippen molar-refractivity contribution in [3.63, 3.8) is 0 Å². The van der Waals surface area contributed by atoms with E-state index in [-0.39, 0.29) is 5.54 Å². The molecule has 0 bridgehead atoms. The van der Waals surface area contributed by atoms with Gasteiger partial charge in [0.2, 0.25) is 0 Å². The summed E-state index contributed by atoms with van der Waals surface area (Å²) in [6, 6.07) is 8.32. The van der Waals surface area contributed by atoms with E-state index in [9.17, 15) is 0 Å². The number of rotatable bonds is 9. The summed E-state index contributed by atoms with van der Waals surface area (Å²) in [4.78, 5) is 2.38. The Morgan fingerprint density at radius 2 is 1.90 bits per heavy atom. The van der Waals surface area contributed by atoms with E-state index in [4.69, 9.17) is 4.74 Å². The van der Waals surface area contributed by atoms with E-state index in [0.29, 0.717) is 0 Å². The molecule has 1 aromatic carbocycles. The standard InChI is InChI=1S/C18H32N2O/c1-18(2,3)19-12-7-6-8-13-20(4)15-16-10-9-11-17(14-16)21-5/h9-11,14,19H,6-8,12-13,15H2,1-5H3. The van der Waals surface area contributed by atoms with Crippen LogP contribution in [-0.2, 0) is 6.54 Å². The summed E-state index contributed by atoms with van der Waals surface area (Å²) in [7, 11) is 3.90. The van der Waals surface area contributed by atoms with Gasteiger partial charge in [-0.05, 0) is 71.4 Å². The molecule has 0 unspecified atom stereocenters. The Labute approximate surface area is 130 Å². The Morgan fingerprint density at radius 3 is 2.57 bits per heavy atom. The second-order valence-electron chi connectivity index (χ2n) is 6.83. The van der Waals surface area contributed by atoms with Crippen molar-refractivity contribution in [3.05, 3.63) is 29.8 Å². The Balaban J connectivity index is 2.15. The van der Waals surface area contributed by atoms with Gasteiger partial charge < -0.3 is 15.0 Å². The van der Waals surface area contributed by atoms with Crippen LogP contribution in [0.15, 0.2) is 24.3 Å². The Kier molecular flexibility index (Phi) is 7.76. The molecule has 0 saturated heterocycles. The second kappa shape index (κ2) is 9.06. The molecular formula is C18H32N2O. The van der Waals surface area contributed by atoms with E-state index in [1.165, 1.54) is 24.8 Å². The van der Waals surface area contributed by atoms with Gasteiger partial charge in [0.1, 0.15) is 5.75 Å². The third kappa shape index (κ3) is 8.74. The highest BCUT2D eigenvalue weighted by atomic mass is 16.5. The topological polar surface area (TPSA) is 24.5 Å². The van der Waals surface area contributed by atoms with Gasteiger partial charge in [-0.25, -0.2) is 0 Å². The van der Waals surface area contributed by atoms with Gasteiger partial charge >= 0.3 is 0 Å². The van der Waals surface area contributed by atoms with Crippen molar-refractivity contribution in [3.8, 4) is 5.75 Å². The highest BCUT2D eigenvalue weighted by molar-refractivity contribution is 5.28. The van der Waals surface area contributed by atoms with Crippen LogP contribution in [0.1, 0.15) is 45.6 Å². The lowest BCUT2D eigenvalue weighted by molar-refractivity contribution is 0.314. The molecule has 120 valence electrons.